The van der Waals surface area contributed by atoms with E-state index in [0.29, 0.717) is 12.2 Å². The smallest absolute Gasteiger partial charge is 0.254 e. The average Bonchev–Trinajstić information content (AvgIpc) is 2.50. The average molecular weight is 292 g/mol. The molecule has 0 spiro atoms. The van der Waals surface area contributed by atoms with Gasteiger partial charge in [-0.3, -0.25) is 4.79 Å². The van der Waals surface area contributed by atoms with Gasteiger partial charge in [-0.1, -0.05) is 18.2 Å². The van der Waals surface area contributed by atoms with E-state index >= 15 is 0 Å². The van der Waals surface area contributed by atoms with Crippen LogP contribution in [0.15, 0.2) is 36.5 Å². The molecule has 0 fully saturated rings. The number of hydrogen-bond acceptors (Lipinski definition) is 3. The van der Waals surface area contributed by atoms with Crippen LogP contribution in [0.3, 0.4) is 0 Å². The van der Waals surface area contributed by atoms with Crippen LogP contribution in [-0.2, 0) is 6.42 Å². The molecule has 6 heteroatoms. The zero-order valence-corrected chi connectivity index (χ0v) is 11.4. The minimum absolute atomic E-state index is 0.280. The second kappa shape index (κ2) is 6.78. The van der Waals surface area contributed by atoms with E-state index in [1.807, 2.05) is 24.3 Å². The third kappa shape index (κ3) is 3.53. The highest BCUT2D eigenvalue weighted by Crippen LogP contribution is 2.17. The van der Waals surface area contributed by atoms with Gasteiger partial charge in [0.25, 0.3) is 5.91 Å². The van der Waals surface area contributed by atoms with Gasteiger partial charge >= 0.3 is 0 Å². The van der Waals surface area contributed by atoms with Gasteiger partial charge in [-0.25, -0.2) is 9.37 Å². The fourth-order valence-corrected chi connectivity index (χ4v) is 1.91. The predicted octanol–water partition coefficient (Wildman–Crippen LogP) is 2.34. The number of ether oxygens (including phenoxy) is 1. The van der Waals surface area contributed by atoms with Gasteiger partial charge < -0.3 is 10.1 Å². The van der Waals surface area contributed by atoms with E-state index in [-0.39, 0.29) is 12.1 Å². The first-order valence-corrected chi connectivity index (χ1v) is 6.33. The molecule has 4 nitrogen and oxygen atoms in total. The van der Waals surface area contributed by atoms with Gasteiger partial charge in [-0.15, -0.1) is 0 Å². The maximum Gasteiger partial charge on any atom is 0.254 e. The monoisotopic (exact) mass is 292 g/mol. The van der Waals surface area contributed by atoms with Crippen molar-refractivity contribution < 1.29 is 18.3 Å². The molecule has 0 radical (unpaired) electrons. The Labute approximate surface area is 120 Å². The number of benzene rings is 1. The van der Waals surface area contributed by atoms with Crippen molar-refractivity contribution in [3.8, 4) is 5.75 Å². The van der Waals surface area contributed by atoms with Gasteiger partial charge in [0.15, 0.2) is 5.82 Å². The molecule has 0 bridgehead atoms. The van der Waals surface area contributed by atoms with Gasteiger partial charge in [0.1, 0.15) is 5.75 Å². The Morgan fingerprint density at radius 2 is 2.05 bits per heavy atom. The quantitative estimate of drug-likeness (QED) is 0.861. The number of nitrogens with zero attached hydrogens (tertiary/aromatic N) is 1. The lowest BCUT2D eigenvalue weighted by Gasteiger charge is -2.09. The number of aromatic nitrogens is 1. The van der Waals surface area contributed by atoms with Crippen molar-refractivity contribution in [1.82, 2.24) is 10.3 Å². The van der Waals surface area contributed by atoms with Gasteiger partial charge in [0, 0.05) is 12.7 Å². The molecule has 0 aliphatic heterocycles. The molecule has 1 amide bonds. The third-order valence-corrected chi connectivity index (χ3v) is 2.96. The van der Waals surface area contributed by atoms with Crippen LogP contribution in [0, 0.1) is 11.8 Å². The van der Waals surface area contributed by atoms with Crippen LogP contribution in [0.2, 0.25) is 0 Å². The molecular weight excluding hydrogens is 278 g/mol. The van der Waals surface area contributed by atoms with Crippen LogP contribution in [0.4, 0.5) is 8.78 Å². The second-order valence-electron chi connectivity index (χ2n) is 4.28. The van der Waals surface area contributed by atoms with Crippen molar-refractivity contribution >= 4 is 5.91 Å². The van der Waals surface area contributed by atoms with Crippen LogP contribution in [0.1, 0.15) is 15.9 Å². The Bertz CT molecular complexity index is 647. The van der Waals surface area contributed by atoms with Gasteiger partial charge in [-0.05, 0) is 24.1 Å². The number of carbonyl (C=O) groups excluding carboxylic acids is 1. The van der Waals surface area contributed by atoms with Crippen molar-refractivity contribution in [3.63, 3.8) is 0 Å². The molecule has 2 rings (SSSR count). The molecule has 0 saturated carbocycles. The lowest BCUT2D eigenvalue weighted by molar-refractivity contribution is 0.0948. The summed E-state index contributed by atoms with van der Waals surface area (Å²) in [6.07, 6.45) is 1.57. The Kier molecular flexibility index (Phi) is 4.81. The van der Waals surface area contributed by atoms with E-state index in [9.17, 15) is 13.6 Å². The van der Waals surface area contributed by atoms with Crippen molar-refractivity contribution in [3.05, 3.63) is 59.4 Å². The maximum absolute atomic E-state index is 13.4. The molecule has 0 saturated heterocycles. The number of nitrogens with one attached hydrogen (secondary N) is 1. The molecule has 110 valence electrons. The number of methoxy groups -OCH3 is 1. The van der Waals surface area contributed by atoms with E-state index in [4.69, 9.17) is 4.74 Å². The molecule has 1 N–H and O–H groups in total. The fraction of sp³-hybridized carbons (Fsp3) is 0.200. The number of pyridine rings is 1. The van der Waals surface area contributed by atoms with Crippen LogP contribution in [-0.4, -0.2) is 24.5 Å². The van der Waals surface area contributed by atoms with Gasteiger partial charge in [0.05, 0.1) is 12.7 Å². The van der Waals surface area contributed by atoms with E-state index in [0.717, 1.165) is 17.8 Å². The molecule has 0 atom stereocenters. The minimum Gasteiger partial charge on any atom is -0.496 e. The van der Waals surface area contributed by atoms with Crippen molar-refractivity contribution in [2.75, 3.05) is 13.7 Å². The summed E-state index contributed by atoms with van der Waals surface area (Å²) in [5, 5.41) is 2.54. The summed E-state index contributed by atoms with van der Waals surface area (Å²) in [5.41, 5.74) is 0.559. The van der Waals surface area contributed by atoms with Crippen LogP contribution in [0.25, 0.3) is 0 Å². The minimum atomic E-state index is -1.28. The Hall–Kier alpha value is -2.50. The third-order valence-electron chi connectivity index (χ3n) is 2.96. The number of para-hydroxylation sites is 1. The number of halogens is 2. The van der Waals surface area contributed by atoms with E-state index in [1.54, 1.807) is 7.11 Å². The summed E-state index contributed by atoms with van der Waals surface area (Å²) < 4.78 is 31.5. The van der Waals surface area contributed by atoms with Crippen LogP contribution < -0.4 is 10.1 Å². The highest BCUT2D eigenvalue weighted by atomic mass is 19.2. The number of rotatable bonds is 5. The zero-order chi connectivity index (χ0) is 15.2. The molecule has 0 aliphatic rings. The molecule has 1 heterocycles. The van der Waals surface area contributed by atoms with Crippen molar-refractivity contribution in [1.29, 1.82) is 0 Å². The molecule has 21 heavy (non-hydrogen) atoms. The largest absolute Gasteiger partial charge is 0.496 e. The molecule has 2 aromatic rings. The number of hydrogen-bond donors (Lipinski definition) is 1. The summed E-state index contributed by atoms with van der Waals surface area (Å²) in [6.45, 7) is 0.280. The fourth-order valence-electron chi connectivity index (χ4n) is 1.91. The number of amides is 1. The lowest BCUT2D eigenvalue weighted by atomic mass is 10.1. The summed E-state index contributed by atoms with van der Waals surface area (Å²) >= 11 is 0. The lowest BCUT2D eigenvalue weighted by Crippen LogP contribution is -2.27. The SMILES string of the molecule is COc1ccccc1CCNC(=O)c1ccnc(F)c1F. The molecule has 1 aromatic carbocycles. The van der Waals surface area contributed by atoms with E-state index in [1.165, 1.54) is 0 Å². The van der Waals surface area contributed by atoms with Gasteiger partial charge in [0.2, 0.25) is 5.95 Å². The highest BCUT2D eigenvalue weighted by molar-refractivity contribution is 5.94. The highest BCUT2D eigenvalue weighted by Gasteiger charge is 2.15. The maximum atomic E-state index is 13.4. The van der Waals surface area contributed by atoms with Crippen molar-refractivity contribution in [2.45, 2.75) is 6.42 Å². The standard InChI is InChI=1S/C15H14F2N2O2/c1-21-12-5-3-2-4-10(12)6-8-19-15(20)11-7-9-18-14(17)13(11)16/h2-5,7,9H,6,8H2,1H3,(H,19,20). The molecular formula is C15H14F2N2O2. The van der Waals surface area contributed by atoms with Gasteiger partial charge in [-0.2, -0.15) is 4.39 Å². The first kappa shape index (κ1) is 14.9. The summed E-state index contributed by atoms with van der Waals surface area (Å²) in [6, 6.07) is 8.53. The Morgan fingerprint density at radius 3 is 2.81 bits per heavy atom. The molecule has 0 unspecified atom stereocenters. The first-order valence-electron chi connectivity index (χ1n) is 6.33. The van der Waals surface area contributed by atoms with Crippen LogP contribution in [0.5, 0.6) is 5.75 Å². The van der Waals surface area contributed by atoms with E-state index in [2.05, 4.69) is 10.3 Å². The predicted molar refractivity (Wildman–Crippen MR) is 73.2 cm³/mol. The molecule has 1 aromatic heterocycles. The Balaban J connectivity index is 1.97. The van der Waals surface area contributed by atoms with Crippen molar-refractivity contribution in [2.24, 2.45) is 0 Å². The zero-order valence-electron chi connectivity index (χ0n) is 11.4. The first-order chi connectivity index (χ1) is 10.1. The normalized spacial score (nSPS) is 10.2. The topological polar surface area (TPSA) is 51.2 Å². The Morgan fingerprint density at radius 1 is 1.29 bits per heavy atom. The summed E-state index contributed by atoms with van der Waals surface area (Å²) in [5.74, 6) is -2.49. The van der Waals surface area contributed by atoms with E-state index < -0.39 is 17.7 Å². The second-order valence-corrected chi connectivity index (χ2v) is 4.28. The van der Waals surface area contributed by atoms with Crippen LogP contribution >= 0.6 is 0 Å². The summed E-state index contributed by atoms with van der Waals surface area (Å²) in [4.78, 5) is 14.9. The summed E-state index contributed by atoms with van der Waals surface area (Å²) in [7, 11) is 1.56. The number of carbonyl (C=O) groups is 1. The molecule has 0 aliphatic carbocycles.